The van der Waals surface area contributed by atoms with Crippen molar-refractivity contribution in [2.75, 3.05) is 19.8 Å². The van der Waals surface area contributed by atoms with Gasteiger partial charge in [0.25, 0.3) is 0 Å². The summed E-state index contributed by atoms with van der Waals surface area (Å²) in [5, 5.41) is 3.64. The molecule has 1 aliphatic carbocycles. The quantitative estimate of drug-likeness (QED) is 0.688. The molecule has 0 heterocycles. The van der Waals surface area contributed by atoms with E-state index in [0.717, 1.165) is 38.5 Å². The molecular weight excluding hydrogens is 258 g/mol. The number of aryl methyl sites for hydroxylation is 1. The van der Waals surface area contributed by atoms with Crippen LogP contribution in [0.4, 0.5) is 0 Å². The molecule has 21 heavy (non-hydrogen) atoms. The largest absolute Gasteiger partial charge is 0.380 e. The highest BCUT2D eigenvalue weighted by Crippen LogP contribution is 2.26. The van der Waals surface area contributed by atoms with Gasteiger partial charge in [-0.1, -0.05) is 56.5 Å². The van der Waals surface area contributed by atoms with E-state index in [1.165, 1.54) is 37.7 Å². The maximum Gasteiger partial charge on any atom is 0.0622 e. The fraction of sp³-hybridized carbons (Fsp3) is 0.684. The van der Waals surface area contributed by atoms with E-state index in [0.29, 0.717) is 6.04 Å². The Bertz CT molecular complexity index is 359. The first-order valence-corrected chi connectivity index (χ1v) is 8.75. The van der Waals surface area contributed by atoms with Gasteiger partial charge in [0.15, 0.2) is 0 Å². The topological polar surface area (TPSA) is 21.3 Å². The molecule has 2 heteroatoms. The van der Waals surface area contributed by atoms with Crippen molar-refractivity contribution in [3.8, 4) is 0 Å². The second kappa shape index (κ2) is 9.97. The molecule has 1 aromatic carbocycles. The van der Waals surface area contributed by atoms with Gasteiger partial charge in [0.05, 0.1) is 6.61 Å². The van der Waals surface area contributed by atoms with Gasteiger partial charge in [-0.05, 0) is 43.7 Å². The van der Waals surface area contributed by atoms with Crippen LogP contribution in [-0.2, 0) is 11.2 Å². The number of hydrogen-bond donors (Lipinski definition) is 1. The van der Waals surface area contributed by atoms with E-state index in [4.69, 9.17) is 4.74 Å². The van der Waals surface area contributed by atoms with Crippen molar-refractivity contribution in [3.05, 3.63) is 35.9 Å². The summed E-state index contributed by atoms with van der Waals surface area (Å²) >= 11 is 0. The lowest BCUT2D eigenvalue weighted by molar-refractivity contribution is 0.0835. The molecule has 0 radical (unpaired) electrons. The summed E-state index contributed by atoms with van der Waals surface area (Å²) in [5.74, 6) is 0.827. The standard InChI is InChI=1S/C19H31NO/c1-2-20-19(18-13-7-4-8-14-18)16-21-15-9-12-17-10-5-3-6-11-17/h3,5-6,10-11,18-20H,2,4,7-9,12-16H2,1H3. The maximum absolute atomic E-state index is 5.96. The lowest BCUT2D eigenvalue weighted by atomic mass is 9.84. The molecule has 1 atom stereocenters. The average molecular weight is 289 g/mol. The molecule has 1 saturated carbocycles. The highest BCUT2D eigenvalue weighted by atomic mass is 16.5. The van der Waals surface area contributed by atoms with Crippen molar-refractivity contribution in [1.29, 1.82) is 0 Å². The fourth-order valence-corrected chi connectivity index (χ4v) is 3.39. The Hall–Kier alpha value is -0.860. The van der Waals surface area contributed by atoms with Crippen molar-refractivity contribution in [2.45, 2.75) is 57.9 Å². The van der Waals surface area contributed by atoms with Crippen LogP contribution in [0.2, 0.25) is 0 Å². The molecule has 1 aromatic rings. The average Bonchev–Trinajstić information content (AvgIpc) is 2.55. The van der Waals surface area contributed by atoms with Crippen LogP contribution in [0.5, 0.6) is 0 Å². The smallest absolute Gasteiger partial charge is 0.0622 e. The number of likely N-dealkylation sites (N-methyl/N-ethyl adjacent to an activating group) is 1. The Morgan fingerprint density at radius 3 is 2.62 bits per heavy atom. The van der Waals surface area contributed by atoms with Gasteiger partial charge in [-0.2, -0.15) is 0 Å². The van der Waals surface area contributed by atoms with Crippen LogP contribution >= 0.6 is 0 Å². The molecule has 0 amide bonds. The molecule has 118 valence electrons. The van der Waals surface area contributed by atoms with Crippen LogP contribution in [0.3, 0.4) is 0 Å². The Morgan fingerprint density at radius 1 is 1.14 bits per heavy atom. The van der Waals surface area contributed by atoms with E-state index in [2.05, 4.69) is 42.6 Å². The Labute approximate surface area is 130 Å². The third kappa shape index (κ3) is 6.19. The number of ether oxygens (including phenoxy) is 1. The molecule has 2 rings (SSSR count). The van der Waals surface area contributed by atoms with Crippen LogP contribution in [-0.4, -0.2) is 25.8 Å². The van der Waals surface area contributed by atoms with E-state index in [-0.39, 0.29) is 0 Å². The zero-order valence-corrected chi connectivity index (χ0v) is 13.5. The molecule has 0 aliphatic heterocycles. The normalized spacial score (nSPS) is 17.8. The first kappa shape index (κ1) is 16.5. The van der Waals surface area contributed by atoms with Crippen LogP contribution < -0.4 is 5.32 Å². The number of hydrogen-bond acceptors (Lipinski definition) is 2. The van der Waals surface area contributed by atoms with Crippen molar-refractivity contribution in [2.24, 2.45) is 5.92 Å². The van der Waals surface area contributed by atoms with E-state index in [1.54, 1.807) is 0 Å². The third-order valence-corrected chi connectivity index (χ3v) is 4.58. The predicted molar refractivity (Wildman–Crippen MR) is 89.6 cm³/mol. The molecule has 1 fully saturated rings. The lowest BCUT2D eigenvalue weighted by Gasteiger charge is -2.30. The predicted octanol–water partition coefficient (Wildman–Crippen LogP) is 4.19. The Morgan fingerprint density at radius 2 is 1.90 bits per heavy atom. The number of rotatable bonds is 9. The molecule has 0 aromatic heterocycles. The van der Waals surface area contributed by atoms with Gasteiger partial charge in [0, 0.05) is 12.6 Å². The van der Waals surface area contributed by atoms with Gasteiger partial charge in [0.2, 0.25) is 0 Å². The van der Waals surface area contributed by atoms with Gasteiger partial charge in [-0.15, -0.1) is 0 Å². The monoisotopic (exact) mass is 289 g/mol. The lowest BCUT2D eigenvalue weighted by Crippen LogP contribution is -2.41. The van der Waals surface area contributed by atoms with Gasteiger partial charge in [-0.3, -0.25) is 0 Å². The molecular formula is C19H31NO. The summed E-state index contributed by atoms with van der Waals surface area (Å²) < 4.78 is 5.96. The fourth-order valence-electron chi connectivity index (χ4n) is 3.39. The summed E-state index contributed by atoms with van der Waals surface area (Å²) in [6.07, 6.45) is 9.23. The van der Waals surface area contributed by atoms with Crippen LogP contribution in [0, 0.1) is 5.92 Å². The van der Waals surface area contributed by atoms with Crippen LogP contribution in [0.25, 0.3) is 0 Å². The van der Waals surface area contributed by atoms with Gasteiger partial charge >= 0.3 is 0 Å². The molecule has 1 unspecified atom stereocenters. The maximum atomic E-state index is 5.96. The Kier molecular flexibility index (Phi) is 7.83. The summed E-state index contributed by atoms with van der Waals surface area (Å²) in [6.45, 7) is 5.01. The summed E-state index contributed by atoms with van der Waals surface area (Å²) in [5.41, 5.74) is 1.41. The number of benzene rings is 1. The molecule has 1 aliphatic rings. The van der Waals surface area contributed by atoms with E-state index in [1.807, 2.05) is 0 Å². The van der Waals surface area contributed by atoms with E-state index < -0.39 is 0 Å². The summed E-state index contributed by atoms with van der Waals surface area (Å²) in [7, 11) is 0. The van der Waals surface area contributed by atoms with E-state index in [9.17, 15) is 0 Å². The first-order chi connectivity index (χ1) is 10.4. The molecule has 0 saturated heterocycles. The Balaban J connectivity index is 1.62. The minimum absolute atomic E-state index is 0.562. The summed E-state index contributed by atoms with van der Waals surface area (Å²) in [4.78, 5) is 0. The SMILES string of the molecule is CCNC(COCCCc1ccccc1)C1CCCCC1. The van der Waals surface area contributed by atoms with Crippen molar-refractivity contribution in [1.82, 2.24) is 5.32 Å². The number of nitrogens with one attached hydrogen (secondary N) is 1. The van der Waals surface area contributed by atoms with E-state index >= 15 is 0 Å². The second-order valence-electron chi connectivity index (χ2n) is 6.23. The first-order valence-electron chi connectivity index (χ1n) is 8.75. The molecule has 0 bridgehead atoms. The van der Waals surface area contributed by atoms with Crippen molar-refractivity contribution < 1.29 is 4.74 Å². The highest BCUT2D eigenvalue weighted by Gasteiger charge is 2.22. The van der Waals surface area contributed by atoms with Gasteiger partial charge in [-0.25, -0.2) is 0 Å². The minimum atomic E-state index is 0.562. The summed E-state index contributed by atoms with van der Waals surface area (Å²) in [6, 6.07) is 11.3. The zero-order valence-electron chi connectivity index (χ0n) is 13.5. The molecule has 0 spiro atoms. The third-order valence-electron chi connectivity index (χ3n) is 4.58. The van der Waals surface area contributed by atoms with Crippen molar-refractivity contribution in [3.63, 3.8) is 0 Å². The molecule has 1 N–H and O–H groups in total. The van der Waals surface area contributed by atoms with Gasteiger partial charge < -0.3 is 10.1 Å². The minimum Gasteiger partial charge on any atom is -0.380 e. The van der Waals surface area contributed by atoms with Crippen LogP contribution in [0.1, 0.15) is 51.0 Å². The van der Waals surface area contributed by atoms with Crippen LogP contribution in [0.15, 0.2) is 30.3 Å². The van der Waals surface area contributed by atoms with Gasteiger partial charge in [0.1, 0.15) is 0 Å². The molecule has 2 nitrogen and oxygen atoms in total. The van der Waals surface area contributed by atoms with Crippen molar-refractivity contribution >= 4 is 0 Å². The zero-order chi connectivity index (χ0) is 14.8. The highest BCUT2D eigenvalue weighted by molar-refractivity contribution is 5.14. The second-order valence-corrected chi connectivity index (χ2v) is 6.23.